The topological polar surface area (TPSA) is 69.4 Å². The molecule has 2 N–H and O–H groups in total. The van der Waals surface area contributed by atoms with Crippen LogP contribution in [0.15, 0.2) is 53.4 Å². The fourth-order valence-electron chi connectivity index (χ4n) is 1.85. The van der Waals surface area contributed by atoms with Crippen molar-refractivity contribution in [2.45, 2.75) is 11.3 Å². The molecule has 21 heavy (non-hydrogen) atoms. The second-order valence-corrected chi connectivity index (χ2v) is 7.01. The predicted molar refractivity (Wildman–Crippen MR) is 84.5 cm³/mol. The number of sulfone groups is 1. The van der Waals surface area contributed by atoms with Crippen LogP contribution in [-0.4, -0.2) is 20.8 Å². The average molecular weight is 326 g/mol. The molecule has 0 heterocycles. The maximum absolute atomic E-state index is 12.2. The lowest BCUT2D eigenvalue weighted by Gasteiger charge is -2.08. The second kappa shape index (κ2) is 6.83. The lowest BCUT2D eigenvalue weighted by Crippen LogP contribution is -2.11. The van der Waals surface area contributed by atoms with Crippen molar-refractivity contribution in [1.29, 1.82) is 0 Å². The van der Waals surface area contributed by atoms with Gasteiger partial charge in [-0.15, -0.1) is 0 Å². The van der Waals surface area contributed by atoms with E-state index in [1.165, 1.54) is 6.07 Å². The summed E-state index contributed by atoms with van der Waals surface area (Å²) in [5.41, 5.74) is 6.24. The lowest BCUT2D eigenvalue weighted by molar-refractivity contribution is 0.318. The molecule has 0 spiro atoms. The molecule has 0 aromatic heterocycles. The SMILES string of the molecule is Nc1cccc(OCCCS(=O)(=O)c2ccccc2Cl)c1. The Labute approximate surface area is 129 Å². The molecule has 4 nitrogen and oxygen atoms in total. The molecule has 0 bridgehead atoms. The zero-order valence-electron chi connectivity index (χ0n) is 11.3. The number of anilines is 1. The first-order valence-electron chi connectivity index (χ1n) is 6.45. The van der Waals surface area contributed by atoms with E-state index in [0.717, 1.165) is 0 Å². The molecule has 2 rings (SSSR count). The Kier molecular flexibility index (Phi) is 5.09. The highest BCUT2D eigenvalue weighted by Crippen LogP contribution is 2.22. The number of nitrogens with two attached hydrogens (primary N) is 1. The van der Waals surface area contributed by atoms with E-state index in [4.69, 9.17) is 22.1 Å². The first-order valence-corrected chi connectivity index (χ1v) is 8.48. The van der Waals surface area contributed by atoms with Crippen molar-refractivity contribution in [3.05, 3.63) is 53.6 Å². The van der Waals surface area contributed by atoms with Crippen LogP contribution >= 0.6 is 11.6 Å². The molecule has 0 unspecified atom stereocenters. The number of benzene rings is 2. The third-order valence-electron chi connectivity index (χ3n) is 2.86. The maximum atomic E-state index is 12.2. The van der Waals surface area contributed by atoms with E-state index in [-0.39, 0.29) is 15.7 Å². The summed E-state index contributed by atoms with van der Waals surface area (Å²) in [5, 5.41) is 0.245. The van der Waals surface area contributed by atoms with Crippen molar-refractivity contribution in [2.24, 2.45) is 0 Å². The first-order chi connectivity index (χ1) is 9.99. The van der Waals surface area contributed by atoms with Gasteiger partial charge in [-0.1, -0.05) is 29.8 Å². The number of hydrogen-bond donors (Lipinski definition) is 1. The standard InChI is InChI=1S/C15H16ClNO3S/c16-14-7-1-2-8-15(14)21(18,19)10-4-9-20-13-6-3-5-12(17)11-13/h1-3,5-8,11H,4,9-10,17H2. The van der Waals surface area contributed by atoms with Gasteiger partial charge in [-0.2, -0.15) is 0 Å². The minimum atomic E-state index is -3.39. The highest BCUT2D eigenvalue weighted by molar-refractivity contribution is 7.91. The number of rotatable bonds is 6. The third kappa shape index (κ3) is 4.37. The van der Waals surface area contributed by atoms with Gasteiger partial charge in [0.05, 0.1) is 22.3 Å². The molecular formula is C15H16ClNO3S. The van der Waals surface area contributed by atoms with Gasteiger partial charge in [-0.25, -0.2) is 8.42 Å². The summed E-state index contributed by atoms with van der Waals surface area (Å²) in [6, 6.07) is 13.4. The monoisotopic (exact) mass is 325 g/mol. The molecule has 0 aliphatic rings. The number of halogens is 1. The van der Waals surface area contributed by atoms with Crippen molar-refractivity contribution >= 4 is 27.1 Å². The zero-order valence-corrected chi connectivity index (χ0v) is 12.9. The van der Waals surface area contributed by atoms with E-state index >= 15 is 0 Å². The van der Waals surface area contributed by atoms with E-state index in [0.29, 0.717) is 24.5 Å². The van der Waals surface area contributed by atoms with Crippen LogP contribution in [0.2, 0.25) is 5.02 Å². The minimum absolute atomic E-state index is 0.0148. The summed E-state index contributed by atoms with van der Waals surface area (Å²) in [6.07, 6.45) is 0.377. The van der Waals surface area contributed by atoms with E-state index in [2.05, 4.69) is 0 Å². The Morgan fingerprint density at radius 3 is 2.57 bits per heavy atom. The van der Waals surface area contributed by atoms with Gasteiger partial charge in [0.2, 0.25) is 0 Å². The molecular weight excluding hydrogens is 310 g/mol. The summed E-state index contributed by atoms with van der Waals surface area (Å²) >= 11 is 5.91. The fraction of sp³-hybridized carbons (Fsp3) is 0.200. The van der Waals surface area contributed by atoms with Gasteiger partial charge in [0.15, 0.2) is 9.84 Å². The smallest absolute Gasteiger partial charge is 0.179 e. The fourth-order valence-corrected chi connectivity index (χ4v) is 3.71. The quantitative estimate of drug-likeness (QED) is 0.654. The molecule has 0 saturated heterocycles. The molecule has 0 radical (unpaired) electrons. The Bertz CT molecular complexity index is 716. The largest absolute Gasteiger partial charge is 0.493 e. The van der Waals surface area contributed by atoms with Gasteiger partial charge in [0.1, 0.15) is 5.75 Å². The van der Waals surface area contributed by atoms with Crippen LogP contribution in [-0.2, 0) is 9.84 Å². The van der Waals surface area contributed by atoms with Crippen LogP contribution in [0.25, 0.3) is 0 Å². The molecule has 2 aromatic carbocycles. The Morgan fingerprint density at radius 1 is 1.10 bits per heavy atom. The summed E-state index contributed by atoms with van der Waals surface area (Å²) in [4.78, 5) is 0.163. The Hall–Kier alpha value is -1.72. The molecule has 0 amide bonds. The van der Waals surface area contributed by atoms with Crippen molar-refractivity contribution in [1.82, 2.24) is 0 Å². The maximum Gasteiger partial charge on any atom is 0.179 e. The first kappa shape index (κ1) is 15.7. The molecule has 0 aliphatic carbocycles. The van der Waals surface area contributed by atoms with E-state index in [9.17, 15) is 8.42 Å². The summed E-state index contributed by atoms with van der Waals surface area (Å²) < 4.78 is 29.8. The second-order valence-electron chi connectivity index (χ2n) is 4.52. The molecule has 2 aromatic rings. The van der Waals surface area contributed by atoms with Crippen molar-refractivity contribution in [3.63, 3.8) is 0 Å². The molecule has 0 saturated carbocycles. The predicted octanol–water partition coefficient (Wildman–Crippen LogP) is 3.17. The van der Waals surface area contributed by atoms with Gasteiger partial charge in [0.25, 0.3) is 0 Å². The summed E-state index contributed by atoms with van der Waals surface area (Å²) in [7, 11) is -3.39. The van der Waals surface area contributed by atoms with Gasteiger partial charge in [-0.05, 0) is 30.7 Å². The number of hydrogen-bond acceptors (Lipinski definition) is 4. The van der Waals surface area contributed by atoms with Gasteiger partial charge in [0, 0.05) is 11.8 Å². The highest BCUT2D eigenvalue weighted by Gasteiger charge is 2.17. The van der Waals surface area contributed by atoms with Crippen molar-refractivity contribution < 1.29 is 13.2 Å². The van der Waals surface area contributed by atoms with E-state index in [1.807, 2.05) is 0 Å². The molecule has 0 aliphatic heterocycles. The molecule has 112 valence electrons. The van der Waals surface area contributed by atoms with Crippen LogP contribution in [0, 0.1) is 0 Å². The lowest BCUT2D eigenvalue weighted by atomic mass is 10.3. The Balaban J connectivity index is 1.90. The summed E-state index contributed by atoms with van der Waals surface area (Å²) in [6.45, 7) is 0.299. The zero-order chi connectivity index (χ0) is 15.3. The normalized spacial score (nSPS) is 11.3. The van der Waals surface area contributed by atoms with Crippen molar-refractivity contribution in [3.8, 4) is 5.75 Å². The molecule has 0 fully saturated rings. The van der Waals surface area contributed by atoms with Crippen LogP contribution in [0.5, 0.6) is 5.75 Å². The van der Waals surface area contributed by atoms with Crippen LogP contribution in [0.1, 0.15) is 6.42 Å². The average Bonchev–Trinajstić information content (AvgIpc) is 2.44. The van der Waals surface area contributed by atoms with Crippen LogP contribution in [0.3, 0.4) is 0 Å². The molecule has 6 heteroatoms. The van der Waals surface area contributed by atoms with Gasteiger partial charge < -0.3 is 10.5 Å². The summed E-state index contributed by atoms with van der Waals surface area (Å²) in [5.74, 6) is 0.615. The van der Waals surface area contributed by atoms with Gasteiger partial charge >= 0.3 is 0 Å². The highest BCUT2D eigenvalue weighted by atomic mass is 35.5. The third-order valence-corrected chi connectivity index (χ3v) is 5.15. The number of nitrogen functional groups attached to an aromatic ring is 1. The van der Waals surface area contributed by atoms with Crippen LogP contribution in [0.4, 0.5) is 5.69 Å². The van der Waals surface area contributed by atoms with Crippen LogP contribution < -0.4 is 10.5 Å². The Morgan fingerprint density at radius 2 is 1.86 bits per heavy atom. The van der Waals surface area contributed by atoms with E-state index < -0.39 is 9.84 Å². The van der Waals surface area contributed by atoms with Gasteiger partial charge in [-0.3, -0.25) is 0 Å². The van der Waals surface area contributed by atoms with E-state index in [1.54, 1.807) is 42.5 Å². The number of ether oxygens (including phenoxy) is 1. The van der Waals surface area contributed by atoms with Crippen molar-refractivity contribution in [2.75, 3.05) is 18.1 Å². The molecule has 0 atom stereocenters. The minimum Gasteiger partial charge on any atom is -0.493 e.